The molecule has 114 valence electrons. The molecular formula is C18H26N2O. The number of rotatable bonds is 1. The van der Waals surface area contributed by atoms with Gasteiger partial charge < -0.3 is 10.1 Å². The van der Waals surface area contributed by atoms with Gasteiger partial charge in [-0.15, -0.1) is 0 Å². The van der Waals surface area contributed by atoms with Crippen molar-refractivity contribution in [3.63, 3.8) is 0 Å². The van der Waals surface area contributed by atoms with Crippen LogP contribution >= 0.6 is 0 Å². The maximum Gasteiger partial charge on any atom is 0.0889 e. The van der Waals surface area contributed by atoms with Gasteiger partial charge in [0.15, 0.2) is 0 Å². The van der Waals surface area contributed by atoms with E-state index < -0.39 is 0 Å². The molecule has 1 aliphatic carbocycles. The molecule has 0 saturated heterocycles. The first-order chi connectivity index (χ1) is 10.2. The molecule has 0 spiro atoms. The number of benzene rings is 1. The van der Waals surface area contributed by atoms with Crippen molar-refractivity contribution in [2.24, 2.45) is 17.0 Å². The first-order valence-corrected chi connectivity index (χ1v) is 8.27. The van der Waals surface area contributed by atoms with Gasteiger partial charge in [-0.3, -0.25) is 0 Å². The van der Waals surface area contributed by atoms with E-state index in [4.69, 9.17) is 0 Å². The minimum Gasteiger partial charge on any atom is -0.411 e. The molecule has 1 aliphatic heterocycles. The molecule has 3 rings (SSSR count). The second kappa shape index (κ2) is 6.08. The Morgan fingerprint density at radius 1 is 1.14 bits per heavy atom. The summed E-state index contributed by atoms with van der Waals surface area (Å²) in [5, 5.41) is 12.9. The first-order valence-electron chi connectivity index (χ1n) is 8.27. The van der Waals surface area contributed by atoms with E-state index in [1.54, 1.807) is 0 Å². The molecule has 3 unspecified atom stereocenters. The van der Waals surface area contributed by atoms with Crippen LogP contribution in [0.15, 0.2) is 29.4 Å². The van der Waals surface area contributed by atoms with Crippen molar-refractivity contribution in [2.75, 3.05) is 11.4 Å². The van der Waals surface area contributed by atoms with Crippen LogP contribution in [0.1, 0.15) is 51.5 Å². The van der Waals surface area contributed by atoms with Gasteiger partial charge >= 0.3 is 0 Å². The smallest absolute Gasteiger partial charge is 0.0889 e. The molecule has 1 heterocycles. The van der Waals surface area contributed by atoms with E-state index in [9.17, 15) is 5.21 Å². The molecule has 1 aromatic carbocycles. The number of anilines is 1. The lowest BCUT2D eigenvalue weighted by molar-refractivity contribution is 0.243. The van der Waals surface area contributed by atoms with Crippen molar-refractivity contribution >= 4 is 11.4 Å². The fourth-order valence-corrected chi connectivity index (χ4v) is 3.93. The standard InChI is InChI=1S/C18H26N2O/c1-13-9-10-15(12-14(13)2)20-11-5-7-17(19-21)16-6-3-4-8-18(16)20/h3-4,6,8,13-15,21H,5,7,9-12H2,1-2H3/b19-17-. The highest BCUT2D eigenvalue weighted by Gasteiger charge is 2.31. The van der Waals surface area contributed by atoms with Crippen LogP contribution < -0.4 is 4.90 Å². The van der Waals surface area contributed by atoms with Crippen molar-refractivity contribution < 1.29 is 5.21 Å². The summed E-state index contributed by atoms with van der Waals surface area (Å²) in [6.07, 6.45) is 5.81. The predicted molar refractivity (Wildman–Crippen MR) is 87.3 cm³/mol. The van der Waals surface area contributed by atoms with Crippen molar-refractivity contribution in [1.29, 1.82) is 0 Å². The Labute approximate surface area is 127 Å². The average Bonchev–Trinajstić information content (AvgIpc) is 2.69. The Morgan fingerprint density at radius 2 is 1.95 bits per heavy atom. The van der Waals surface area contributed by atoms with Gasteiger partial charge in [-0.25, -0.2) is 0 Å². The van der Waals surface area contributed by atoms with Crippen LogP contribution in [0.5, 0.6) is 0 Å². The number of fused-ring (bicyclic) bond motifs is 1. The molecule has 1 fully saturated rings. The van der Waals surface area contributed by atoms with Gasteiger partial charge in [0, 0.05) is 23.8 Å². The van der Waals surface area contributed by atoms with Gasteiger partial charge in [0.1, 0.15) is 0 Å². The maximum absolute atomic E-state index is 9.31. The number of nitrogens with zero attached hydrogens (tertiary/aromatic N) is 2. The van der Waals surface area contributed by atoms with Crippen LogP contribution in [0.4, 0.5) is 5.69 Å². The van der Waals surface area contributed by atoms with Gasteiger partial charge in [0.25, 0.3) is 0 Å². The molecule has 2 aliphatic rings. The van der Waals surface area contributed by atoms with Crippen LogP contribution in [0.25, 0.3) is 0 Å². The second-order valence-electron chi connectivity index (χ2n) is 6.78. The van der Waals surface area contributed by atoms with E-state index in [1.807, 2.05) is 6.07 Å². The largest absolute Gasteiger partial charge is 0.411 e. The molecule has 3 atom stereocenters. The van der Waals surface area contributed by atoms with Gasteiger partial charge in [-0.05, 0) is 50.0 Å². The van der Waals surface area contributed by atoms with Crippen LogP contribution in [-0.2, 0) is 0 Å². The number of oxime groups is 1. The zero-order valence-corrected chi connectivity index (χ0v) is 13.1. The summed E-state index contributed by atoms with van der Waals surface area (Å²) >= 11 is 0. The predicted octanol–water partition coefficient (Wildman–Crippen LogP) is 4.29. The summed E-state index contributed by atoms with van der Waals surface area (Å²) in [6, 6.07) is 9.06. The molecule has 0 radical (unpaired) electrons. The fraction of sp³-hybridized carbons (Fsp3) is 0.611. The molecule has 3 nitrogen and oxygen atoms in total. The Balaban J connectivity index is 1.92. The Hall–Kier alpha value is -1.51. The second-order valence-corrected chi connectivity index (χ2v) is 6.78. The summed E-state index contributed by atoms with van der Waals surface area (Å²) in [5.41, 5.74) is 3.21. The summed E-state index contributed by atoms with van der Waals surface area (Å²) in [6.45, 7) is 5.84. The quantitative estimate of drug-likeness (QED) is 0.617. The van der Waals surface area contributed by atoms with Crippen molar-refractivity contribution in [3.05, 3.63) is 29.8 Å². The lowest BCUT2D eigenvalue weighted by Crippen LogP contribution is -2.41. The van der Waals surface area contributed by atoms with Crippen LogP contribution in [0, 0.1) is 11.8 Å². The molecule has 3 heteroatoms. The molecule has 1 saturated carbocycles. The van der Waals surface area contributed by atoms with Crippen LogP contribution in [-0.4, -0.2) is 23.5 Å². The first kappa shape index (κ1) is 14.4. The van der Waals surface area contributed by atoms with Crippen LogP contribution in [0.3, 0.4) is 0 Å². The zero-order chi connectivity index (χ0) is 14.8. The third kappa shape index (κ3) is 2.78. The summed E-state index contributed by atoms with van der Waals surface area (Å²) in [7, 11) is 0. The van der Waals surface area contributed by atoms with Crippen molar-refractivity contribution in [3.8, 4) is 0 Å². The van der Waals surface area contributed by atoms with Gasteiger partial charge in [-0.1, -0.05) is 37.2 Å². The summed E-state index contributed by atoms with van der Waals surface area (Å²) in [5.74, 6) is 1.64. The molecule has 0 aromatic heterocycles. The van der Waals surface area contributed by atoms with E-state index >= 15 is 0 Å². The molecule has 0 bridgehead atoms. The minimum absolute atomic E-state index is 0.635. The maximum atomic E-state index is 9.31. The topological polar surface area (TPSA) is 35.8 Å². The molecule has 21 heavy (non-hydrogen) atoms. The zero-order valence-electron chi connectivity index (χ0n) is 13.1. The number of hydrogen-bond donors (Lipinski definition) is 1. The van der Waals surface area contributed by atoms with E-state index in [2.05, 4.69) is 42.1 Å². The average molecular weight is 286 g/mol. The lowest BCUT2D eigenvalue weighted by Gasteiger charge is -2.40. The van der Waals surface area contributed by atoms with E-state index in [0.717, 1.165) is 42.5 Å². The lowest BCUT2D eigenvalue weighted by atomic mass is 9.78. The summed E-state index contributed by atoms with van der Waals surface area (Å²) < 4.78 is 0. The third-order valence-electron chi connectivity index (χ3n) is 5.47. The Morgan fingerprint density at radius 3 is 2.71 bits per heavy atom. The normalized spacial score (nSPS) is 31.8. The van der Waals surface area contributed by atoms with E-state index in [0.29, 0.717) is 6.04 Å². The van der Waals surface area contributed by atoms with Gasteiger partial charge in [0.2, 0.25) is 0 Å². The third-order valence-corrected chi connectivity index (χ3v) is 5.47. The molecule has 0 amide bonds. The molecule has 1 N–H and O–H groups in total. The SMILES string of the molecule is CC1CCC(N2CCC/C(=N/O)c3ccccc32)CC1C. The van der Waals surface area contributed by atoms with Crippen LogP contribution in [0.2, 0.25) is 0 Å². The highest BCUT2D eigenvalue weighted by Crippen LogP contribution is 2.36. The number of hydrogen-bond acceptors (Lipinski definition) is 3. The van der Waals surface area contributed by atoms with Gasteiger partial charge in [0.05, 0.1) is 5.71 Å². The molecule has 1 aromatic rings. The molecular weight excluding hydrogens is 260 g/mol. The highest BCUT2D eigenvalue weighted by atomic mass is 16.4. The monoisotopic (exact) mass is 286 g/mol. The van der Waals surface area contributed by atoms with E-state index in [1.165, 1.54) is 24.9 Å². The number of para-hydroxylation sites is 1. The fourth-order valence-electron chi connectivity index (χ4n) is 3.93. The van der Waals surface area contributed by atoms with E-state index in [-0.39, 0.29) is 0 Å². The Kier molecular flexibility index (Phi) is 4.18. The van der Waals surface area contributed by atoms with Crippen molar-refractivity contribution in [2.45, 2.75) is 52.0 Å². The van der Waals surface area contributed by atoms with Gasteiger partial charge in [-0.2, -0.15) is 0 Å². The minimum atomic E-state index is 0.635. The highest BCUT2D eigenvalue weighted by molar-refractivity contribution is 6.05. The summed E-state index contributed by atoms with van der Waals surface area (Å²) in [4.78, 5) is 2.58. The Bertz CT molecular complexity index is 526. The van der Waals surface area contributed by atoms with Crippen molar-refractivity contribution in [1.82, 2.24) is 0 Å².